The standard InChI is InChI=1S/C36H42N2O5/c1-24-33(35(2,3)26-13-16-28(42-4)17-14-26)31(19-21-39)43-36(24)29-22-27(37-20-9-8-12-32(37)40)15-18-30(29)38(34(36)41)23-25-10-6-5-7-11-25/h5-7,10-11,13-18,22,24,31,33,39H,8-9,12,19-21,23H2,1-4H3/t24-,31+,33-,36+/m1/s1. The van der Waals surface area contributed by atoms with Crippen molar-refractivity contribution >= 4 is 23.2 Å². The van der Waals surface area contributed by atoms with Gasteiger partial charge in [0.15, 0.2) is 5.60 Å². The summed E-state index contributed by atoms with van der Waals surface area (Å²) in [5.74, 6) is 0.511. The smallest absolute Gasteiger partial charge is 0.264 e. The maximum atomic E-state index is 14.8. The Bertz CT molecular complexity index is 1490. The van der Waals surface area contributed by atoms with Crippen LogP contribution in [0, 0.1) is 11.8 Å². The largest absolute Gasteiger partial charge is 0.497 e. The number of carbonyl (C=O) groups is 2. The molecule has 0 aromatic heterocycles. The summed E-state index contributed by atoms with van der Waals surface area (Å²) in [6.45, 7) is 7.58. The van der Waals surface area contributed by atoms with Crippen LogP contribution in [-0.4, -0.2) is 43.3 Å². The Morgan fingerprint density at radius 3 is 2.44 bits per heavy atom. The van der Waals surface area contributed by atoms with E-state index in [0.717, 1.165) is 46.7 Å². The fourth-order valence-electron chi connectivity index (χ4n) is 7.87. The third-order valence-electron chi connectivity index (χ3n) is 10.1. The van der Waals surface area contributed by atoms with Crippen LogP contribution in [0.4, 0.5) is 11.4 Å². The predicted octanol–water partition coefficient (Wildman–Crippen LogP) is 5.97. The molecule has 7 nitrogen and oxygen atoms in total. The second-order valence-electron chi connectivity index (χ2n) is 12.7. The van der Waals surface area contributed by atoms with Crippen molar-refractivity contribution in [2.45, 2.75) is 70.1 Å². The zero-order valence-corrected chi connectivity index (χ0v) is 25.6. The van der Waals surface area contributed by atoms with Crippen molar-refractivity contribution in [3.05, 3.63) is 89.5 Å². The molecule has 0 saturated carbocycles. The molecule has 7 heteroatoms. The topological polar surface area (TPSA) is 79.3 Å². The monoisotopic (exact) mass is 582 g/mol. The van der Waals surface area contributed by atoms with Crippen LogP contribution >= 0.6 is 0 Å². The van der Waals surface area contributed by atoms with Gasteiger partial charge < -0.3 is 24.4 Å². The number of fused-ring (bicyclic) bond motifs is 2. The minimum atomic E-state index is -1.24. The van der Waals surface area contributed by atoms with Gasteiger partial charge in [0.1, 0.15) is 5.75 Å². The van der Waals surface area contributed by atoms with Crippen molar-refractivity contribution < 1.29 is 24.2 Å². The molecule has 2 saturated heterocycles. The van der Waals surface area contributed by atoms with Crippen molar-refractivity contribution in [3.8, 4) is 5.75 Å². The molecule has 4 atom stereocenters. The Morgan fingerprint density at radius 1 is 1.02 bits per heavy atom. The Hall–Kier alpha value is -3.68. The summed E-state index contributed by atoms with van der Waals surface area (Å²) >= 11 is 0. The highest BCUT2D eigenvalue weighted by molar-refractivity contribution is 6.08. The first-order valence-corrected chi connectivity index (χ1v) is 15.5. The summed E-state index contributed by atoms with van der Waals surface area (Å²) in [4.78, 5) is 31.5. The quantitative estimate of drug-likeness (QED) is 0.354. The molecule has 2 amide bonds. The van der Waals surface area contributed by atoms with Crippen LogP contribution in [0.5, 0.6) is 5.75 Å². The van der Waals surface area contributed by atoms with Gasteiger partial charge in [0.25, 0.3) is 5.91 Å². The van der Waals surface area contributed by atoms with Crippen molar-refractivity contribution in [2.24, 2.45) is 11.8 Å². The van der Waals surface area contributed by atoms with E-state index in [0.29, 0.717) is 25.9 Å². The lowest BCUT2D eigenvalue weighted by Gasteiger charge is -2.38. The van der Waals surface area contributed by atoms with Gasteiger partial charge in [-0.15, -0.1) is 0 Å². The normalized spacial score (nSPS) is 25.5. The highest BCUT2D eigenvalue weighted by Gasteiger charge is 2.66. The number of ether oxygens (including phenoxy) is 2. The van der Waals surface area contributed by atoms with E-state index < -0.39 is 5.60 Å². The van der Waals surface area contributed by atoms with Gasteiger partial charge in [0, 0.05) is 42.7 Å². The van der Waals surface area contributed by atoms with E-state index in [2.05, 4.69) is 32.9 Å². The maximum absolute atomic E-state index is 14.8. The summed E-state index contributed by atoms with van der Waals surface area (Å²) in [5.41, 5.74) is 2.96. The second kappa shape index (κ2) is 11.4. The van der Waals surface area contributed by atoms with Crippen LogP contribution in [0.15, 0.2) is 72.8 Å². The summed E-state index contributed by atoms with van der Waals surface area (Å²) in [5, 5.41) is 10.2. The number of methoxy groups -OCH3 is 1. The first-order chi connectivity index (χ1) is 20.7. The fourth-order valence-corrected chi connectivity index (χ4v) is 7.87. The van der Waals surface area contributed by atoms with Crippen LogP contribution in [0.3, 0.4) is 0 Å². The Morgan fingerprint density at radius 2 is 1.77 bits per heavy atom. The molecular weight excluding hydrogens is 540 g/mol. The molecule has 226 valence electrons. The zero-order chi connectivity index (χ0) is 30.4. The molecule has 6 rings (SSSR count). The highest BCUT2D eigenvalue weighted by atomic mass is 16.5. The molecule has 0 unspecified atom stereocenters. The third kappa shape index (κ3) is 4.83. The SMILES string of the molecule is COc1ccc(C(C)(C)[C@H]2[C@H](CCO)O[C@@]3(C(=O)N(Cc4ccccc4)c4ccc(N5CCCCC5=O)cc43)[C@@H]2C)cc1. The molecule has 1 spiro atoms. The Balaban J connectivity index is 1.48. The lowest BCUT2D eigenvalue weighted by Crippen LogP contribution is -2.45. The van der Waals surface area contributed by atoms with E-state index in [1.165, 1.54) is 0 Å². The van der Waals surface area contributed by atoms with Gasteiger partial charge >= 0.3 is 0 Å². The molecular formula is C36H42N2O5. The van der Waals surface area contributed by atoms with Crippen LogP contribution in [0.1, 0.15) is 63.1 Å². The number of hydrogen-bond acceptors (Lipinski definition) is 5. The van der Waals surface area contributed by atoms with Gasteiger partial charge in [0.2, 0.25) is 5.91 Å². The third-order valence-corrected chi connectivity index (χ3v) is 10.1. The average molecular weight is 583 g/mol. The Labute approximate surface area is 254 Å². The van der Waals surface area contributed by atoms with Crippen molar-refractivity contribution in [1.82, 2.24) is 0 Å². The lowest BCUT2D eigenvalue weighted by molar-refractivity contribution is -0.146. The van der Waals surface area contributed by atoms with Crippen LogP contribution in [0.2, 0.25) is 0 Å². The molecule has 3 aromatic carbocycles. The summed E-state index contributed by atoms with van der Waals surface area (Å²) in [6.07, 6.45) is 2.45. The average Bonchev–Trinajstić information content (AvgIpc) is 3.44. The number of nitrogens with zero attached hydrogens (tertiary/aromatic N) is 2. The number of anilines is 2. The zero-order valence-electron chi connectivity index (χ0n) is 25.6. The highest BCUT2D eigenvalue weighted by Crippen LogP contribution is 2.60. The van der Waals surface area contributed by atoms with Crippen LogP contribution in [0.25, 0.3) is 0 Å². The minimum Gasteiger partial charge on any atom is -0.497 e. The van der Waals surface area contributed by atoms with E-state index in [4.69, 9.17) is 9.47 Å². The van der Waals surface area contributed by atoms with Crippen LogP contribution < -0.4 is 14.5 Å². The molecule has 43 heavy (non-hydrogen) atoms. The van der Waals surface area contributed by atoms with E-state index in [1.54, 1.807) is 7.11 Å². The van der Waals surface area contributed by atoms with E-state index >= 15 is 0 Å². The van der Waals surface area contributed by atoms with Gasteiger partial charge in [-0.05, 0) is 66.1 Å². The first-order valence-electron chi connectivity index (χ1n) is 15.5. The van der Waals surface area contributed by atoms with Crippen molar-refractivity contribution in [3.63, 3.8) is 0 Å². The predicted molar refractivity (Wildman–Crippen MR) is 167 cm³/mol. The summed E-state index contributed by atoms with van der Waals surface area (Å²) in [7, 11) is 1.66. The van der Waals surface area contributed by atoms with Crippen molar-refractivity contribution in [2.75, 3.05) is 30.1 Å². The van der Waals surface area contributed by atoms with Gasteiger partial charge in [-0.1, -0.05) is 63.2 Å². The first kappa shape index (κ1) is 29.4. The fraction of sp³-hybridized carbons (Fsp3) is 0.444. The number of carbonyl (C=O) groups excluding carboxylic acids is 2. The van der Waals surface area contributed by atoms with Gasteiger partial charge in [-0.2, -0.15) is 0 Å². The number of rotatable bonds is 8. The number of piperidine rings is 1. The Kier molecular flexibility index (Phi) is 7.82. The number of aliphatic hydroxyl groups excluding tert-OH is 1. The molecule has 3 aliphatic rings. The van der Waals surface area contributed by atoms with E-state index in [-0.39, 0.29) is 41.8 Å². The lowest BCUT2D eigenvalue weighted by atomic mass is 9.63. The molecule has 0 radical (unpaired) electrons. The van der Waals surface area contributed by atoms with Crippen molar-refractivity contribution in [1.29, 1.82) is 0 Å². The number of aliphatic hydroxyl groups is 1. The minimum absolute atomic E-state index is 0.0419. The molecule has 1 N–H and O–H groups in total. The van der Waals surface area contributed by atoms with Gasteiger partial charge in [-0.3, -0.25) is 9.59 Å². The second-order valence-corrected chi connectivity index (χ2v) is 12.7. The summed E-state index contributed by atoms with van der Waals surface area (Å²) < 4.78 is 12.4. The van der Waals surface area contributed by atoms with Gasteiger partial charge in [0.05, 0.1) is 25.4 Å². The van der Waals surface area contributed by atoms with Crippen LogP contribution in [-0.2, 0) is 31.9 Å². The number of benzene rings is 3. The number of amides is 2. The molecule has 0 bridgehead atoms. The van der Waals surface area contributed by atoms with E-state index in [9.17, 15) is 14.7 Å². The van der Waals surface area contributed by atoms with Gasteiger partial charge in [-0.25, -0.2) is 0 Å². The number of hydrogen-bond donors (Lipinski definition) is 1. The van der Waals surface area contributed by atoms with E-state index in [1.807, 2.05) is 70.5 Å². The molecule has 3 aliphatic heterocycles. The molecule has 2 fully saturated rings. The molecule has 0 aliphatic carbocycles. The molecule has 3 heterocycles. The summed E-state index contributed by atoms with van der Waals surface area (Å²) in [6, 6.07) is 24.1. The molecule has 3 aromatic rings. The maximum Gasteiger partial charge on any atom is 0.264 e.